The Hall–Kier alpha value is -4.25. The molecule has 2 atom stereocenters. The zero-order valence-corrected chi connectivity index (χ0v) is 23.4. The van der Waals surface area contributed by atoms with E-state index in [1.807, 2.05) is 24.3 Å². The van der Waals surface area contributed by atoms with Gasteiger partial charge in [-0.1, -0.05) is 43.4 Å². The minimum atomic E-state index is -0.590. The molecule has 0 radical (unpaired) electrons. The number of carbonyl (C=O) groups is 4. The quantitative estimate of drug-likeness (QED) is 0.261. The number of nitrogens with zero attached hydrogens (tertiary/aromatic N) is 1. The van der Waals surface area contributed by atoms with Crippen molar-refractivity contribution in [2.75, 3.05) is 26.8 Å². The van der Waals surface area contributed by atoms with Crippen molar-refractivity contribution in [3.8, 4) is 5.75 Å². The highest BCUT2D eigenvalue weighted by atomic mass is 16.6. The van der Waals surface area contributed by atoms with Crippen LogP contribution < -0.4 is 20.7 Å². The van der Waals surface area contributed by atoms with E-state index < -0.39 is 29.9 Å². The number of fused-ring (bicyclic) bond motifs is 1. The Labute approximate surface area is 238 Å². The molecule has 3 aromatic rings. The molecule has 2 aromatic carbocycles. The van der Waals surface area contributed by atoms with Gasteiger partial charge >= 0.3 is 0 Å². The van der Waals surface area contributed by atoms with E-state index in [2.05, 4.69) is 33.1 Å². The zero-order chi connectivity index (χ0) is 29.2. The number of aromatic nitrogens is 2. The molecule has 1 aliphatic heterocycles. The van der Waals surface area contributed by atoms with Crippen molar-refractivity contribution in [2.45, 2.75) is 51.2 Å². The van der Waals surface area contributed by atoms with Crippen LogP contribution in [0.1, 0.15) is 48.0 Å². The lowest BCUT2D eigenvalue weighted by molar-refractivity contribution is -0.129. The van der Waals surface area contributed by atoms with Crippen LogP contribution in [0.5, 0.6) is 5.75 Å². The normalized spacial score (nSPS) is 16.7. The van der Waals surface area contributed by atoms with Crippen LogP contribution in [0.25, 0.3) is 10.9 Å². The number of ketones is 1. The summed E-state index contributed by atoms with van der Waals surface area (Å²) in [6.45, 7) is 1.92. The zero-order valence-electron chi connectivity index (χ0n) is 23.4. The highest BCUT2D eigenvalue weighted by Gasteiger charge is 2.38. The number of ether oxygens (including phenoxy) is 2. The van der Waals surface area contributed by atoms with Crippen LogP contribution >= 0.6 is 0 Å². The van der Waals surface area contributed by atoms with Crippen molar-refractivity contribution in [1.82, 2.24) is 26.1 Å². The van der Waals surface area contributed by atoms with Crippen LogP contribution in [-0.2, 0) is 19.1 Å². The highest BCUT2D eigenvalue weighted by molar-refractivity contribution is 5.99. The Bertz CT molecular complexity index is 1340. The van der Waals surface area contributed by atoms with Crippen LogP contribution in [0.15, 0.2) is 48.7 Å². The van der Waals surface area contributed by atoms with Crippen LogP contribution in [0.2, 0.25) is 0 Å². The Morgan fingerprint density at radius 1 is 1.02 bits per heavy atom. The Balaban J connectivity index is 0.000000367. The summed E-state index contributed by atoms with van der Waals surface area (Å²) in [5.41, 5.74) is 2.47. The molecule has 1 unspecified atom stereocenters. The van der Waals surface area contributed by atoms with Gasteiger partial charge in [-0.15, -0.1) is 0 Å². The first-order valence-electron chi connectivity index (χ1n) is 13.9. The number of nitrogens with one attached hydrogen (secondary N) is 4. The number of H-pyrrole nitrogens is 1. The summed E-state index contributed by atoms with van der Waals surface area (Å²) in [6, 6.07) is 12.4. The third-order valence-corrected chi connectivity index (χ3v) is 7.19. The number of aryl methyl sites for hydroxylation is 1. The summed E-state index contributed by atoms with van der Waals surface area (Å²) in [5, 5.41) is 15.2. The summed E-state index contributed by atoms with van der Waals surface area (Å²) >= 11 is 0. The van der Waals surface area contributed by atoms with Gasteiger partial charge in [-0.2, -0.15) is 5.10 Å². The van der Waals surface area contributed by atoms with Gasteiger partial charge in [0.15, 0.2) is 5.78 Å². The summed E-state index contributed by atoms with van der Waals surface area (Å²) < 4.78 is 10.1. The van der Waals surface area contributed by atoms with Crippen molar-refractivity contribution in [2.24, 2.45) is 5.92 Å². The lowest BCUT2D eigenvalue weighted by Crippen LogP contribution is -2.48. The number of methoxy groups -OCH3 is 1. The molecular formula is C30H37N5O6. The monoisotopic (exact) mass is 563 g/mol. The molecule has 5 rings (SSSR count). The second-order valence-electron chi connectivity index (χ2n) is 10.4. The Morgan fingerprint density at radius 3 is 2.41 bits per heavy atom. The summed E-state index contributed by atoms with van der Waals surface area (Å²) in [7, 11) is 1.67. The largest absolute Gasteiger partial charge is 0.497 e. The minimum Gasteiger partial charge on any atom is -0.497 e. The smallest absolute Gasteiger partial charge is 0.251 e. The number of amides is 3. The first-order chi connectivity index (χ1) is 19.8. The van der Waals surface area contributed by atoms with E-state index in [0.29, 0.717) is 24.5 Å². The standard InChI is InChI=1S/C22H27N5O5.C8H10O/c28-19(10-24-22(31)14-5-6-16-15(8-14)9-25-27-16)23-11-20(29)26-17(21(30)18-12-32-18)7-13-3-1-2-4-13;1-7-3-5-8(9-2)6-4-7/h5-6,8-9,13,17-18H,1-4,7,10-12H2,(H,23,28)(H,24,31)(H,25,27)(H,26,29);3-6H,1-2H3/t17?,18-;/m1./s1. The van der Waals surface area contributed by atoms with Gasteiger partial charge in [-0.25, -0.2) is 0 Å². The molecule has 1 aliphatic carbocycles. The SMILES string of the molecule is COc1ccc(C)cc1.O=C(CNC(=O)c1ccc2[nH]ncc2c1)NCC(=O)NC(CC1CCCC1)C(=O)[C@H]1CO1. The van der Waals surface area contributed by atoms with Crippen LogP contribution in [-0.4, -0.2) is 72.7 Å². The third-order valence-electron chi connectivity index (χ3n) is 7.19. The van der Waals surface area contributed by atoms with Gasteiger partial charge in [0.2, 0.25) is 11.8 Å². The molecule has 2 heterocycles. The average molecular weight is 564 g/mol. The van der Waals surface area contributed by atoms with Gasteiger partial charge in [0.05, 0.1) is 44.6 Å². The first kappa shape index (κ1) is 29.7. The fourth-order valence-electron chi connectivity index (χ4n) is 4.77. The van der Waals surface area contributed by atoms with Gasteiger partial charge in [0.1, 0.15) is 11.9 Å². The molecule has 41 heavy (non-hydrogen) atoms. The van der Waals surface area contributed by atoms with E-state index in [1.54, 1.807) is 31.5 Å². The molecule has 1 saturated heterocycles. The lowest BCUT2D eigenvalue weighted by Gasteiger charge is -2.20. The summed E-state index contributed by atoms with van der Waals surface area (Å²) in [5.74, 6) is -0.0957. The van der Waals surface area contributed by atoms with Crippen molar-refractivity contribution in [1.29, 1.82) is 0 Å². The molecule has 11 heteroatoms. The van der Waals surface area contributed by atoms with E-state index in [0.717, 1.165) is 42.3 Å². The molecule has 3 amide bonds. The van der Waals surface area contributed by atoms with Crippen molar-refractivity contribution in [3.05, 3.63) is 59.8 Å². The number of Topliss-reactive ketones (excluding diaryl/α,β-unsaturated/α-hetero) is 1. The molecule has 11 nitrogen and oxygen atoms in total. The molecule has 1 saturated carbocycles. The number of hydrogen-bond acceptors (Lipinski definition) is 7. The summed E-state index contributed by atoms with van der Waals surface area (Å²) in [4.78, 5) is 49.1. The van der Waals surface area contributed by atoms with Crippen LogP contribution in [0.4, 0.5) is 0 Å². The van der Waals surface area contributed by atoms with E-state index >= 15 is 0 Å². The Morgan fingerprint density at radius 2 is 1.73 bits per heavy atom. The number of benzene rings is 2. The fourth-order valence-corrected chi connectivity index (χ4v) is 4.77. The first-order valence-corrected chi connectivity index (χ1v) is 13.9. The topological polar surface area (TPSA) is 155 Å². The van der Waals surface area contributed by atoms with Crippen molar-refractivity contribution >= 4 is 34.4 Å². The maximum Gasteiger partial charge on any atom is 0.251 e. The Kier molecular flexibility index (Phi) is 10.4. The maximum atomic E-state index is 12.5. The molecule has 2 fully saturated rings. The second-order valence-corrected chi connectivity index (χ2v) is 10.4. The number of hydrogen-bond donors (Lipinski definition) is 4. The third kappa shape index (κ3) is 9.14. The molecule has 2 aliphatic rings. The van der Waals surface area contributed by atoms with Gasteiger partial charge in [-0.05, 0) is 49.6 Å². The fraction of sp³-hybridized carbons (Fsp3) is 0.433. The number of aromatic amines is 1. The maximum absolute atomic E-state index is 12.5. The average Bonchev–Trinajstić information content (AvgIpc) is 3.50. The second kappa shape index (κ2) is 14.4. The molecule has 4 N–H and O–H groups in total. The molecule has 1 aromatic heterocycles. The summed E-state index contributed by atoms with van der Waals surface area (Å²) in [6.07, 6.45) is 6.22. The lowest BCUT2D eigenvalue weighted by atomic mass is 9.94. The molecular weight excluding hydrogens is 526 g/mol. The predicted octanol–water partition coefficient (Wildman–Crippen LogP) is 2.45. The molecule has 0 bridgehead atoms. The van der Waals surface area contributed by atoms with Gasteiger partial charge < -0.3 is 25.4 Å². The van der Waals surface area contributed by atoms with Crippen LogP contribution in [0, 0.1) is 12.8 Å². The van der Waals surface area contributed by atoms with E-state index in [-0.39, 0.29) is 18.9 Å². The van der Waals surface area contributed by atoms with E-state index in [4.69, 9.17) is 9.47 Å². The highest BCUT2D eigenvalue weighted by Crippen LogP contribution is 2.29. The molecule has 0 spiro atoms. The minimum absolute atomic E-state index is 0.0987. The molecule has 218 valence electrons. The van der Waals surface area contributed by atoms with Gasteiger partial charge in [-0.3, -0.25) is 24.3 Å². The van der Waals surface area contributed by atoms with Gasteiger partial charge in [0.25, 0.3) is 5.91 Å². The van der Waals surface area contributed by atoms with Gasteiger partial charge in [0, 0.05) is 10.9 Å². The van der Waals surface area contributed by atoms with Crippen LogP contribution in [0.3, 0.4) is 0 Å². The van der Waals surface area contributed by atoms with Crippen molar-refractivity contribution in [3.63, 3.8) is 0 Å². The van der Waals surface area contributed by atoms with E-state index in [9.17, 15) is 19.2 Å². The number of epoxide rings is 1. The van der Waals surface area contributed by atoms with E-state index in [1.165, 1.54) is 5.56 Å². The predicted molar refractivity (Wildman–Crippen MR) is 152 cm³/mol. The van der Waals surface area contributed by atoms with Crippen molar-refractivity contribution < 1.29 is 28.7 Å². The number of carbonyl (C=O) groups excluding carboxylic acids is 4. The number of rotatable bonds is 11.